The molecular weight excluding hydrogens is 214 g/mol. The standard InChI is InChI=1S/C13H11N3O/c1-9-5-3-4-6-11(9)12-10(7-14)8-16(2)13(17)15-12/h3-6,8H,1-2H3. The third-order valence-corrected chi connectivity index (χ3v) is 2.61. The number of aromatic nitrogens is 2. The molecular formula is C13H11N3O. The minimum atomic E-state index is -0.359. The Labute approximate surface area is 98.8 Å². The van der Waals surface area contributed by atoms with E-state index >= 15 is 0 Å². The Morgan fingerprint density at radius 3 is 2.71 bits per heavy atom. The van der Waals surface area contributed by atoms with E-state index in [9.17, 15) is 4.79 Å². The van der Waals surface area contributed by atoms with Crippen LogP contribution in [0.25, 0.3) is 11.3 Å². The van der Waals surface area contributed by atoms with Crippen LogP contribution in [-0.4, -0.2) is 9.55 Å². The fraction of sp³-hybridized carbons (Fsp3) is 0.154. The number of nitriles is 1. The van der Waals surface area contributed by atoms with E-state index in [-0.39, 0.29) is 5.69 Å². The van der Waals surface area contributed by atoms with E-state index in [0.29, 0.717) is 11.3 Å². The fourth-order valence-corrected chi connectivity index (χ4v) is 1.67. The van der Waals surface area contributed by atoms with Crippen LogP contribution in [0.1, 0.15) is 11.1 Å². The summed E-state index contributed by atoms with van der Waals surface area (Å²) < 4.78 is 1.31. The van der Waals surface area contributed by atoms with Crippen molar-refractivity contribution in [1.29, 1.82) is 5.26 Å². The number of rotatable bonds is 1. The molecule has 0 saturated heterocycles. The van der Waals surface area contributed by atoms with Crippen molar-refractivity contribution in [1.82, 2.24) is 9.55 Å². The van der Waals surface area contributed by atoms with E-state index < -0.39 is 0 Å². The Kier molecular flexibility index (Phi) is 2.75. The molecule has 4 heteroatoms. The Morgan fingerprint density at radius 1 is 1.35 bits per heavy atom. The van der Waals surface area contributed by atoms with Gasteiger partial charge in [-0.3, -0.25) is 0 Å². The van der Waals surface area contributed by atoms with Crippen LogP contribution in [0.15, 0.2) is 35.3 Å². The monoisotopic (exact) mass is 225 g/mol. The molecule has 0 fully saturated rings. The van der Waals surface area contributed by atoms with Gasteiger partial charge in [0.25, 0.3) is 0 Å². The van der Waals surface area contributed by atoms with Crippen LogP contribution in [-0.2, 0) is 7.05 Å². The summed E-state index contributed by atoms with van der Waals surface area (Å²) in [7, 11) is 1.58. The van der Waals surface area contributed by atoms with Gasteiger partial charge >= 0.3 is 5.69 Å². The SMILES string of the molecule is Cc1ccccc1-c1nc(=O)n(C)cc1C#N. The average Bonchev–Trinajstić information content (AvgIpc) is 2.33. The van der Waals surface area contributed by atoms with Gasteiger partial charge in [0.05, 0.1) is 11.3 Å². The molecule has 2 aromatic rings. The van der Waals surface area contributed by atoms with Crippen molar-refractivity contribution in [2.24, 2.45) is 7.05 Å². The van der Waals surface area contributed by atoms with E-state index in [1.165, 1.54) is 10.8 Å². The summed E-state index contributed by atoms with van der Waals surface area (Å²) in [6, 6.07) is 9.62. The highest BCUT2D eigenvalue weighted by molar-refractivity contribution is 5.68. The van der Waals surface area contributed by atoms with Crippen LogP contribution >= 0.6 is 0 Å². The van der Waals surface area contributed by atoms with Crippen molar-refractivity contribution in [2.75, 3.05) is 0 Å². The highest BCUT2D eigenvalue weighted by atomic mass is 16.1. The zero-order valence-corrected chi connectivity index (χ0v) is 9.64. The van der Waals surface area contributed by atoms with Gasteiger partial charge < -0.3 is 4.57 Å². The van der Waals surface area contributed by atoms with Crippen LogP contribution in [0, 0.1) is 18.3 Å². The van der Waals surface area contributed by atoms with E-state index in [2.05, 4.69) is 11.1 Å². The maximum absolute atomic E-state index is 11.5. The summed E-state index contributed by atoms with van der Waals surface area (Å²) in [4.78, 5) is 15.5. The molecule has 1 aromatic carbocycles. The third kappa shape index (κ3) is 1.95. The lowest BCUT2D eigenvalue weighted by molar-refractivity contribution is 0.809. The second-order valence-corrected chi connectivity index (χ2v) is 3.82. The Bertz CT molecular complexity index is 665. The van der Waals surface area contributed by atoms with Crippen LogP contribution in [0.5, 0.6) is 0 Å². The molecule has 0 aliphatic heterocycles. The van der Waals surface area contributed by atoms with Gasteiger partial charge in [0.15, 0.2) is 0 Å². The summed E-state index contributed by atoms with van der Waals surface area (Å²) in [6.07, 6.45) is 1.51. The van der Waals surface area contributed by atoms with Gasteiger partial charge in [-0.05, 0) is 12.5 Å². The average molecular weight is 225 g/mol. The van der Waals surface area contributed by atoms with Crippen molar-refractivity contribution in [3.63, 3.8) is 0 Å². The van der Waals surface area contributed by atoms with Crippen molar-refractivity contribution in [2.45, 2.75) is 6.92 Å². The molecule has 0 unspecified atom stereocenters. The van der Waals surface area contributed by atoms with Crippen LogP contribution < -0.4 is 5.69 Å². The number of hydrogen-bond donors (Lipinski definition) is 0. The lowest BCUT2D eigenvalue weighted by Gasteiger charge is -2.07. The summed E-state index contributed by atoms with van der Waals surface area (Å²) in [5.41, 5.74) is 2.31. The lowest BCUT2D eigenvalue weighted by Crippen LogP contribution is -2.21. The minimum Gasteiger partial charge on any atom is -0.301 e. The zero-order chi connectivity index (χ0) is 12.4. The summed E-state index contributed by atoms with van der Waals surface area (Å²) in [5.74, 6) is 0. The van der Waals surface area contributed by atoms with Gasteiger partial charge in [-0.25, -0.2) is 4.79 Å². The van der Waals surface area contributed by atoms with Gasteiger partial charge in [-0.2, -0.15) is 10.2 Å². The van der Waals surface area contributed by atoms with Crippen molar-refractivity contribution in [3.8, 4) is 17.3 Å². The van der Waals surface area contributed by atoms with E-state index in [1.54, 1.807) is 7.05 Å². The zero-order valence-electron chi connectivity index (χ0n) is 9.64. The molecule has 0 spiro atoms. The van der Waals surface area contributed by atoms with E-state index in [0.717, 1.165) is 11.1 Å². The second kappa shape index (κ2) is 4.22. The third-order valence-electron chi connectivity index (χ3n) is 2.61. The summed E-state index contributed by atoms with van der Waals surface area (Å²) >= 11 is 0. The highest BCUT2D eigenvalue weighted by Crippen LogP contribution is 2.22. The van der Waals surface area contributed by atoms with Crippen LogP contribution in [0.3, 0.4) is 0 Å². The lowest BCUT2D eigenvalue weighted by atomic mass is 10.0. The number of nitrogens with zero attached hydrogens (tertiary/aromatic N) is 3. The molecule has 1 aromatic heterocycles. The number of benzene rings is 1. The molecule has 84 valence electrons. The largest absolute Gasteiger partial charge is 0.347 e. The first kappa shape index (κ1) is 11.1. The normalized spacial score (nSPS) is 9.94. The molecule has 0 N–H and O–H groups in total. The van der Waals surface area contributed by atoms with Crippen molar-refractivity contribution in [3.05, 3.63) is 52.1 Å². The Hall–Kier alpha value is -2.41. The van der Waals surface area contributed by atoms with Gasteiger partial charge in [0.2, 0.25) is 0 Å². The molecule has 4 nitrogen and oxygen atoms in total. The molecule has 2 rings (SSSR count). The molecule has 0 aliphatic rings. The predicted molar refractivity (Wildman–Crippen MR) is 64.4 cm³/mol. The second-order valence-electron chi connectivity index (χ2n) is 3.82. The quantitative estimate of drug-likeness (QED) is 0.741. The van der Waals surface area contributed by atoms with Gasteiger partial charge in [-0.1, -0.05) is 24.3 Å². The smallest absolute Gasteiger partial charge is 0.301 e. The van der Waals surface area contributed by atoms with E-state index in [1.807, 2.05) is 31.2 Å². The number of aryl methyl sites for hydroxylation is 2. The maximum Gasteiger partial charge on any atom is 0.347 e. The summed E-state index contributed by atoms with van der Waals surface area (Å²) in [5, 5.41) is 9.08. The van der Waals surface area contributed by atoms with Crippen LogP contribution in [0.4, 0.5) is 0 Å². The first-order valence-electron chi connectivity index (χ1n) is 5.17. The topological polar surface area (TPSA) is 58.7 Å². The summed E-state index contributed by atoms with van der Waals surface area (Å²) in [6.45, 7) is 1.93. The highest BCUT2D eigenvalue weighted by Gasteiger charge is 2.10. The molecule has 0 saturated carbocycles. The van der Waals surface area contributed by atoms with Crippen molar-refractivity contribution < 1.29 is 0 Å². The molecule has 0 aliphatic carbocycles. The Balaban J connectivity index is 2.77. The molecule has 0 amide bonds. The van der Waals surface area contributed by atoms with Gasteiger partial charge in [0, 0.05) is 18.8 Å². The first-order chi connectivity index (χ1) is 8.13. The molecule has 17 heavy (non-hydrogen) atoms. The maximum atomic E-state index is 11.5. The number of hydrogen-bond acceptors (Lipinski definition) is 3. The molecule has 0 bridgehead atoms. The van der Waals surface area contributed by atoms with E-state index in [4.69, 9.17) is 5.26 Å². The fourth-order valence-electron chi connectivity index (χ4n) is 1.67. The predicted octanol–water partition coefficient (Wildman–Crippen LogP) is 1.63. The van der Waals surface area contributed by atoms with Crippen LogP contribution in [0.2, 0.25) is 0 Å². The van der Waals surface area contributed by atoms with Crippen molar-refractivity contribution >= 4 is 0 Å². The van der Waals surface area contributed by atoms with Gasteiger partial charge in [-0.15, -0.1) is 0 Å². The molecule has 0 radical (unpaired) electrons. The minimum absolute atomic E-state index is 0.359. The first-order valence-corrected chi connectivity index (χ1v) is 5.17. The molecule has 0 atom stereocenters. The Morgan fingerprint density at radius 2 is 2.06 bits per heavy atom. The molecule has 1 heterocycles. The van der Waals surface area contributed by atoms with Gasteiger partial charge in [0.1, 0.15) is 6.07 Å².